The first-order valence-corrected chi connectivity index (χ1v) is 7.13. The van der Waals surface area contributed by atoms with Gasteiger partial charge in [-0.05, 0) is 37.3 Å². The number of hydrogen-bond acceptors (Lipinski definition) is 4. The van der Waals surface area contributed by atoms with Gasteiger partial charge >= 0.3 is 0 Å². The first-order valence-electron chi connectivity index (χ1n) is 7.13. The molecule has 1 amide bonds. The van der Waals surface area contributed by atoms with Crippen molar-refractivity contribution in [3.8, 4) is 0 Å². The second-order valence-corrected chi connectivity index (χ2v) is 5.68. The summed E-state index contributed by atoms with van der Waals surface area (Å²) in [5.74, 6) is 1.26. The van der Waals surface area contributed by atoms with Crippen molar-refractivity contribution >= 4 is 11.7 Å². The molecular weight excluding hydrogens is 254 g/mol. The standard InChI is InChI=1S/C15H23N3O2/c1-4-13(11-7-12(19)8-11)17-14-6-5-10(9-16-14)15(20)18(2)3/h5-6,9,11-13,19H,4,7-8H2,1-3H3,(H,16,17). The SMILES string of the molecule is CCC(Nc1ccc(C(=O)N(C)C)cn1)C1CC(O)C1. The molecule has 1 atom stereocenters. The van der Waals surface area contributed by atoms with Gasteiger partial charge in [0.15, 0.2) is 0 Å². The lowest BCUT2D eigenvalue weighted by Gasteiger charge is -2.37. The van der Waals surface area contributed by atoms with E-state index in [4.69, 9.17) is 0 Å². The van der Waals surface area contributed by atoms with Crippen LogP contribution in [-0.2, 0) is 0 Å². The van der Waals surface area contributed by atoms with E-state index in [2.05, 4.69) is 17.2 Å². The molecule has 1 saturated carbocycles. The van der Waals surface area contributed by atoms with Gasteiger partial charge in [-0.25, -0.2) is 4.98 Å². The van der Waals surface area contributed by atoms with Crippen molar-refractivity contribution in [3.63, 3.8) is 0 Å². The highest BCUT2D eigenvalue weighted by atomic mass is 16.3. The number of hydrogen-bond donors (Lipinski definition) is 2. The summed E-state index contributed by atoms with van der Waals surface area (Å²) in [4.78, 5) is 17.6. The number of aliphatic hydroxyl groups excluding tert-OH is 1. The van der Waals surface area contributed by atoms with E-state index < -0.39 is 0 Å². The third-order valence-corrected chi connectivity index (χ3v) is 3.91. The zero-order valence-corrected chi connectivity index (χ0v) is 12.3. The minimum absolute atomic E-state index is 0.0433. The predicted octanol–water partition coefficient (Wildman–Crippen LogP) is 1.74. The summed E-state index contributed by atoms with van der Waals surface area (Å²) in [6, 6.07) is 3.97. The Morgan fingerprint density at radius 3 is 2.65 bits per heavy atom. The van der Waals surface area contributed by atoms with Gasteiger partial charge in [-0.2, -0.15) is 0 Å². The van der Waals surface area contributed by atoms with Crippen LogP contribution in [0.15, 0.2) is 18.3 Å². The minimum atomic E-state index is -0.135. The third-order valence-electron chi connectivity index (χ3n) is 3.91. The van der Waals surface area contributed by atoms with Crippen LogP contribution in [0.5, 0.6) is 0 Å². The number of aromatic nitrogens is 1. The maximum atomic E-state index is 11.8. The molecule has 1 aromatic rings. The Morgan fingerprint density at radius 1 is 1.50 bits per heavy atom. The van der Waals surface area contributed by atoms with Crippen molar-refractivity contribution in [2.24, 2.45) is 5.92 Å². The summed E-state index contributed by atoms with van der Waals surface area (Å²) in [5.41, 5.74) is 0.590. The molecule has 20 heavy (non-hydrogen) atoms. The van der Waals surface area contributed by atoms with Crippen molar-refractivity contribution in [2.75, 3.05) is 19.4 Å². The maximum absolute atomic E-state index is 11.8. The number of nitrogens with one attached hydrogen (secondary N) is 1. The third kappa shape index (κ3) is 3.28. The first kappa shape index (κ1) is 14.8. The van der Waals surface area contributed by atoms with E-state index in [1.165, 1.54) is 4.90 Å². The molecule has 110 valence electrons. The van der Waals surface area contributed by atoms with Crippen molar-refractivity contribution in [3.05, 3.63) is 23.9 Å². The molecule has 1 aromatic heterocycles. The fourth-order valence-electron chi connectivity index (χ4n) is 2.57. The Bertz CT molecular complexity index is 453. The lowest BCUT2D eigenvalue weighted by atomic mass is 9.76. The Kier molecular flexibility index (Phi) is 4.60. The number of nitrogens with zero attached hydrogens (tertiary/aromatic N) is 2. The summed E-state index contributed by atoms with van der Waals surface area (Å²) >= 11 is 0. The van der Waals surface area contributed by atoms with Gasteiger partial charge in [0, 0.05) is 26.3 Å². The van der Waals surface area contributed by atoms with E-state index in [1.807, 2.05) is 6.07 Å². The highest BCUT2D eigenvalue weighted by Crippen LogP contribution is 2.32. The Morgan fingerprint density at radius 2 is 2.20 bits per heavy atom. The van der Waals surface area contributed by atoms with E-state index >= 15 is 0 Å². The van der Waals surface area contributed by atoms with Crippen LogP contribution in [0.4, 0.5) is 5.82 Å². The van der Waals surface area contributed by atoms with Gasteiger partial charge in [-0.1, -0.05) is 6.92 Å². The Labute approximate surface area is 120 Å². The molecule has 0 saturated heterocycles. The average Bonchev–Trinajstić information content (AvgIpc) is 2.41. The van der Waals surface area contributed by atoms with Crippen LogP contribution in [0.2, 0.25) is 0 Å². The number of aliphatic hydroxyl groups is 1. The van der Waals surface area contributed by atoms with E-state index in [-0.39, 0.29) is 12.0 Å². The molecule has 0 bridgehead atoms. The topological polar surface area (TPSA) is 65.5 Å². The predicted molar refractivity (Wildman–Crippen MR) is 78.7 cm³/mol. The van der Waals surface area contributed by atoms with Gasteiger partial charge < -0.3 is 15.3 Å². The highest BCUT2D eigenvalue weighted by Gasteiger charge is 2.33. The number of pyridine rings is 1. The molecule has 0 aliphatic heterocycles. The van der Waals surface area contributed by atoms with E-state index in [0.29, 0.717) is 17.5 Å². The quantitative estimate of drug-likeness (QED) is 0.860. The molecule has 5 heteroatoms. The number of rotatable bonds is 5. The van der Waals surface area contributed by atoms with Crippen LogP contribution >= 0.6 is 0 Å². The van der Waals surface area contributed by atoms with Crippen LogP contribution in [0.25, 0.3) is 0 Å². The molecule has 0 spiro atoms. The van der Waals surface area contributed by atoms with E-state index in [0.717, 1.165) is 25.1 Å². The molecule has 5 nitrogen and oxygen atoms in total. The molecular formula is C15H23N3O2. The van der Waals surface area contributed by atoms with Crippen LogP contribution < -0.4 is 5.32 Å². The molecule has 1 heterocycles. The molecule has 2 rings (SSSR count). The number of carbonyl (C=O) groups is 1. The maximum Gasteiger partial charge on any atom is 0.254 e. The fraction of sp³-hybridized carbons (Fsp3) is 0.600. The lowest BCUT2D eigenvalue weighted by molar-refractivity contribution is 0.0336. The zero-order chi connectivity index (χ0) is 14.7. The van der Waals surface area contributed by atoms with Crippen LogP contribution in [0, 0.1) is 5.92 Å². The molecule has 1 unspecified atom stereocenters. The van der Waals surface area contributed by atoms with Gasteiger partial charge in [-0.3, -0.25) is 4.79 Å². The lowest BCUT2D eigenvalue weighted by Crippen LogP contribution is -2.40. The number of anilines is 1. The number of carbonyl (C=O) groups excluding carboxylic acids is 1. The molecule has 0 radical (unpaired) electrons. The van der Waals surface area contributed by atoms with Gasteiger partial charge in [0.25, 0.3) is 5.91 Å². The number of amides is 1. The highest BCUT2D eigenvalue weighted by molar-refractivity contribution is 5.93. The van der Waals surface area contributed by atoms with Crippen molar-refractivity contribution in [1.29, 1.82) is 0 Å². The van der Waals surface area contributed by atoms with Crippen molar-refractivity contribution in [2.45, 2.75) is 38.3 Å². The molecule has 2 N–H and O–H groups in total. The second-order valence-electron chi connectivity index (χ2n) is 5.68. The van der Waals surface area contributed by atoms with Gasteiger partial charge in [0.2, 0.25) is 0 Å². The first-order chi connectivity index (χ1) is 9.51. The summed E-state index contributed by atoms with van der Waals surface area (Å²) < 4.78 is 0. The van der Waals surface area contributed by atoms with Gasteiger partial charge in [-0.15, -0.1) is 0 Å². The molecule has 1 aliphatic rings. The van der Waals surface area contributed by atoms with Crippen LogP contribution in [-0.4, -0.2) is 47.1 Å². The fourth-order valence-corrected chi connectivity index (χ4v) is 2.57. The molecule has 1 aliphatic carbocycles. The van der Waals surface area contributed by atoms with Crippen molar-refractivity contribution in [1.82, 2.24) is 9.88 Å². The van der Waals surface area contributed by atoms with Crippen LogP contribution in [0.3, 0.4) is 0 Å². The minimum Gasteiger partial charge on any atom is -0.393 e. The largest absolute Gasteiger partial charge is 0.393 e. The van der Waals surface area contributed by atoms with Gasteiger partial charge in [0.05, 0.1) is 11.7 Å². The summed E-state index contributed by atoms with van der Waals surface area (Å²) in [6.07, 6.45) is 4.19. The van der Waals surface area contributed by atoms with E-state index in [9.17, 15) is 9.90 Å². The van der Waals surface area contributed by atoms with Gasteiger partial charge in [0.1, 0.15) is 5.82 Å². The van der Waals surface area contributed by atoms with Crippen molar-refractivity contribution < 1.29 is 9.90 Å². The monoisotopic (exact) mass is 277 g/mol. The zero-order valence-electron chi connectivity index (χ0n) is 12.3. The Balaban J connectivity index is 1.97. The van der Waals surface area contributed by atoms with Crippen LogP contribution in [0.1, 0.15) is 36.5 Å². The molecule has 1 fully saturated rings. The average molecular weight is 277 g/mol. The smallest absolute Gasteiger partial charge is 0.254 e. The summed E-state index contributed by atoms with van der Waals surface area (Å²) in [5, 5.41) is 12.8. The second kappa shape index (κ2) is 6.22. The normalized spacial score (nSPS) is 22.8. The Hall–Kier alpha value is -1.62. The summed E-state index contributed by atoms with van der Waals surface area (Å²) in [7, 11) is 3.45. The molecule has 0 aromatic carbocycles. The summed E-state index contributed by atoms with van der Waals surface area (Å²) in [6.45, 7) is 2.13. The van der Waals surface area contributed by atoms with E-state index in [1.54, 1.807) is 26.4 Å².